The Bertz CT molecular complexity index is 2430. The molecule has 3 heterocycles. The SMILES string of the molecule is c1ccc(-c2cc(-c3ccccc3)c3c4cccc5c4n(c3c2)-c2cccc3c2B5N(c2ccccc2)c2ccccc2-3)cc1. The minimum atomic E-state index is 0.0442. The largest absolute Gasteiger partial charge is 0.376 e. The van der Waals surface area contributed by atoms with Crippen LogP contribution in [0.1, 0.15) is 0 Å². The van der Waals surface area contributed by atoms with Crippen molar-refractivity contribution in [2.24, 2.45) is 0 Å². The molecule has 0 saturated carbocycles. The van der Waals surface area contributed by atoms with Crippen molar-refractivity contribution >= 4 is 51.0 Å². The zero-order valence-corrected chi connectivity index (χ0v) is 24.6. The first kappa shape index (κ1) is 24.6. The predicted molar refractivity (Wildman–Crippen MR) is 191 cm³/mol. The van der Waals surface area contributed by atoms with Crippen molar-refractivity contribution in [2.75, 3.05) is 4.81 Å². The second-order valence-corrected chi connectivity index (χ2v) is 12.1. The van der Waals surface area contributed by atoms with Crippen LogP contribution in [-0.2, 0) is 0 Å². The summed E-state index contributed by atoms with van der Waals surface area (Å²) in [6.45, 7) is 0.0442. The van der Waals surface area contributed by atoms with E-state index < -0.39 is 0 Å². The zero-order valence-electron chi connectivity index (χ0n) is 24.6. The lowest BCUT2D eigenvalue weighted by Crippen LogP contribution is -2.60. The van der Waals surface area contributed by atoms with E-state index in [1.165, 1.54) is 83.2 Å². The highest BCUT2D eigenvalue weighted by Gasteiger charge is 2.43. The molecular formula is C42H27BN2. The van der Waals surface area contributed by atoms with Gasteiger partial charge >= 0.3 is 6.85 Å². The van der Waals surface area contributed by atoms with Crippen molar-refractivity contribution in [2.45, 2.75) is 0 Å². The maximum atomic E-state index is 2.56. The Hall–Kier alpha value is -5.80. The normalized spacial score (nSPS) is 12.8. The van der Waals surface area contributed by atoms with E-state index in [9.17, 15) is 0 Å². The third kappa shape index (κ3) is 3.41. The number of benzene rings is 7. The topological polar surface area (TPSA) is 8.17 Å². The molecule has 0 fully saturated rings. The molecule has 208 valence electrons. The fourth-order valence-corrected chi connectivity index (χ4v) is 7.95. The summed E-state index contributed by atoms with van der Waals surface area (Å²) in [6, 6.07) is 60.1. The lowest BCUT2D eigenvalue weighted by Gasteiger charge is -2.42. The molecule has 7 aromatic carbocycles. The number of hydrogen-bond donors (Lipinski definition) is 0. The number of nitrogens with zero attached hydrogens (tertiary/aromatic N) is 2. The number of para-hydroxylation sites is 3. The fraction of sp³-hybridized carbons (Fsp3) is 0. The maximum Gasteiger partial charge on any atom is 0.333 e. The summed E-state index contributed by atoms with van der Waals surface area (Å²) in [5.74, 6) is 0. The van der Waals surface area contributed by atoms with E-state index in [0.717, 1.165) is 0 Å². The summed E-state index contributed by atoms with van der Waals surface area (Å²) >= 11 is 0. The fourth-order valence-electron chi connectivity index (χ4n) is 7.95. The van der Waals surface area contributed by atoms with Crippen molar-refractivity contribution in [3.05, 3.63) is 164 Å². The van der Waals surface area contributed by atoms with Crippen molar-refractivity contribution in [3.63, 3.8) is 0 Å². The third-order valence-electron chi connectivity index (χ3n) is 9.75. The number of hydrogen-bond acceptors (Lipinski definition) is 1. The molecule has 0 aliphatic carbocycles. The molecule has 0 bridgehead atoms. The van der Waals surface area contributed by atoms with Gasteiger partial charge in [0.2, 0.25) is 0 Å². The Morgan fingerprint density at radius 1 is 0.444 bits per heavy atom. The van der Waals surface area contributed by atoms with Crippen LogP contribution in [0.3, 0.4) is 0 Å². The van der Waals surface area contributed by atoms with Crippen LogP contribution in [0.25, 0.3) is 60.9 Å². The van der Waals surface area contributed by atoms with Crippen LogP contribution in [0.2, 0.25) is 0 Å². The highest BCUT2D eigenvalue weighted by Crippen LogP contribution is 2.46. The van der Waals surface area contributed by atoms with Gasteiger partial charge in [0, 0.05) is 33.4 Å². The molecule has 3 heteroatoms. The molecule has 0 N–H and O–H groups in total. The van der Waals surface area contributed by atoms with Crippen molar-refractivity contribution in [1.29, 1.82) is 0 Å². The van der Waals surface area contributed by atoms with Crippen molar-refractivity contribution in [3.8, 4) is 39.1 Å². The van der Waals surface area contributed by atoms with Crippen LogP contribution in [-0.4, -0.2) is 11.4 Å². The van der Waals surface area contributed by atoms with Gasteiger partial charge in [-0.05, 0) is 75.1 Å². The second kappa shape index (κ2) is 9.35. The standard InChI is InChI=1S/C42H27BN2/c1-4-14-28(15-5-1)30-26-35(29-16-6-2-7-17-29)40-34-22-12-23-36-42(34)44(39(40)27-30)38-25-13-21-33-32-20-10-11-24-37(32)45(43(36)41(33)38)31-18-8-3-9-19-31/h1-27H. The molecule has 0 radical (unpaired) electrons. The Labute approximate surface area is 262 Å². The van der Waals surface area contributed by atoms with Gasteiger partial charge in [-0.1, -0.05) is 127 Å². The molecule has 8 aromatic rings. The van der Waals surface area contributed by atoms with E-state index >= 15 is 0 Å². The van der Waals surface area contributed by atoms with Gasteiger partial charge in [0.05, 0.1) is 11.0 Å². The first-order chi connectivity index (χ1) is 22.4. The van der Waals surface area contributed by atoms with Crippen LogP contribution in [0.4, 0.5) is 11.4 Å². The summed E-state index contributed by atoms with van der Waals surface area (Å²) < 4.78 is 2.56. The third-order valence-corrected chi connectivity index (χ3v) is 9.75. The lowest BCUT2D eigenvalue weighted by molar-refractivity contribution is 1.18. The number of fused-ring (bicyclic) bond motifs is 7. The number of aromatic nitrogens is 1. The summed E-state index contributed by atoms with van der Waals surface area (Å²) in [7, 11) is 0. The average molecular weight is 571 g/mol. The minimum absolute atomic E-state index is 0.0442. The molecule has 0 amide bonds. The molecule has 1 aromatic heterocycles. The van der Waals surface area contributed by atoms with Gasteiger partial charge in [-0.15, -0.1) is 0 Å². The zero-order chi connectivity index (χ0) is 29.5. The van der Waals surface area contributed by atoms with E-state index in [1.54, 1.807) is 0 Å². The average Bonchev–Trinajstić information content (AvgIpc) is 3.46. The molecule has 0 spiro atoms. The Morgan fingerprint density at radius 3 is 1.89 bits per heavy atom. The molecule has 10 rings (SSSR count). The molecule has 45 heavy (non-hydrogen) atoms. The summed E-state index contributed by atoms with van der Waals surface area (Å²) in [6.07, 6.45) is 0. The molecule has 0 atom stereocenters. The summed E-state index contributed by atoms with van der Waals surface area (Å²) in [5, 5.41) is 2.60. The van der Waals surface area contributed by atoms with Crippen LogP contribution in [0, 0.1) is 0 Å². The molecule has 0 unspecified atom stereocenters. The van der Waals surface area contributed by atoms with Crippen LogP contribution < -0.4 is 15.7 Å². The van der Waals surface area contributed by atoms with Gasteiger partial charge < -0.3 is 9.38 Å². The lowest BCUT2D eigenvalue weighted by atomic mass is 9.44. The smallest absolute Gasteiger partial charge is 0.333 e. The van der Waals surface area contributed by atoms with Gasteiger partial charge in [-0.2, -0.15) is 0 Å². The van der Waals surface area contributed by atoms with E-state index in [4.69, 9.17) is 0 Å². The molecule has 0 saturated heterocycles. The van der Waals surface area contributed by atoms with Crippen molar-refractivity contribution < 1.29 is 0 Å². The van der Waals surface area contributed by atoms with Gasteiger partial charge in [0.25, 0.3) is 0 Å². The number of rotatable bonds is 3. The van der Waals surface area contributed by atoms with Gasteiger partial charge in [-0.25, -0.2) is 0 Å². The first-order valence-corrected chi connectivity index (χ1v) is 15.7. The summed E-state index contributed by atoms with van der Waals surface area (Å²) in [4.78, 5) is 2.56. The van der Waals surface area contributed by atoms with E-state index in [1.807, 2.05) is 0 Å². The Balaban J connectivity index is 1.39. The monoisotopic (exact) mass is 570 g/mol. The van der Waals surface area contributed by atoms with Crippen molar-refractivity contribution in [1.82, 2.24) is 4.57 Å². The van der Waals surface area contributed by atoms with Crippen LogP contribution >= 0.6 is 0 Å². The molecule has 2 aliphatic rings. The highest BCUT2D eigenvalue weighted by molar-refractivity contribution is 6.93. The van der Waals surface area contributed by atoms with Crippen LogP contribution in [0.15, 0.2) is 164 Å². The van der Waals surface area contributed by atoms with Crippen LogP contribution in [0.5, 0.6) is 0 Å². The van der Waals surface area contributed by atoms with E-state index in [0.29, 0.717) is 0 Å². The van der Waals surface area contributed by atoms with E-state index in [-0.39, 0.29) is 6.85 Å². The molecule has 2 aliphatic heterocycles. The molecule has 2 nitrogen and oxygen atoms in total. The highest BCUT2D eigenvalue weighted by atomic mass is 15.1. The second-order valence-electron chi connectivity index (χ2n) is 12.1. The minimum Gasteiger partial charge on any atom is -0.376 e. The quantitative estimate of drug-likeness (QED) is 0.192. The summed E-state index contributed by atoms with van der Waals surface area (Å²) in [5.41, 5.74) is 16.5. The maximum absolute atomic E-state index is 2.56. The van der Waals surface area contributed by atoms with Gasteiger partial charge in [-0.3, -0.25) is 0 Å². The van der Waals surface area contributed by atoms with E-state index in [2.05, 4.69) is 173 Å². The van der Waals surface area contributed by atoms with Gasteiger partial charge in [0.1, 0.15) is 0 Å². The Kier molecular flexibility index (Phi) is 5.12. The van der Waals surface area contributed by atoms with Gasteiger partial charge in [0.15, 0.2) is 0 Å². The first-order valence-electron chi connectivity index (χ1n) is 15.7. The Morgan fingerprint density at radius 2 is 1.09 bits per heavy atom. The number of anilines is 2. The predicted octanol–water partition coefficient (Wildman–Crippen LogP) is 9.36. The molecular weight excluding hydrogens is 543 g/mol.